The Hall–Kier alpha value is -3.33. The first kappa shape index (κ1) is 20.0. The van der Waals surface area contributed by atoms with Gasteiger partial charge in [0.05, 0.1) is 11.5 Å². The molecule has 2 rings (SSSR count). The molecule has 0 bridgehead atoms. The Morgan fingerprint density at radius 3 is 2.33 bits per heavy atom. The van der Waals surface area contributed by atoms with Crippen LogP contribution in [0, 0.1) is 15.9 Å². The molecule has 1 atom stereocenters. The van der Waals surface area contributed by atoms with Gasteiger partial charge in [-0.25, -0.2) is 4.39 Å². The Labute approximate surface area is 155 Å². The number of nitro benzene ring substituents is 1. The molecule has 27 heavy (non-hydrogen) atoms. The molecule has 2 N–H and O–H groups in total. The molecule has 9 heteroatoms. The van der Waals surface area contributed by atoms with Crippen LogP contribution in [-0.4, -0.2) is 42.3 Å². The van der Waals surface area contributed by atoms with Crippen molar-refractivity contribution < 1.29 is 18.9 Å². The molecule has 0 aliphatic carbocycles. The van der Waals surface area contributed by atoms with Gasteiger partial charge in [0.25, 0.3) is 5.69 Å². The van der Waals surface area contributed by atoms with Gasteiger partial charge in [-0.2, -0.15) is 0 Å². The number of anilines is 1. The molecule has 0 aliphatic rings. The molecule has 2 aromatic carbocycles. The number of hydrogen-bond acceptors (Lipinski definition) is 5. The normalized spacial score (nSPS) is 11.9. The van der Waals surface area contributed by atoms with E-state index in [-0.39, 0.29) is 18.1 Å². The molecular formula is C18H19FN4O4. The minimum Gasteiger partial charge on any atom is -0.368 e. The molecule has 8 nitrogen and oxygen atoms in total. The third kappa shape index (κ3) is 4.85. The monoisotopic (exact) mass is 374 g/mol. The average molecular weight is 374 g/mol. The van der Waals surface area contributed by atoms with Gasteiger partial charge in [-0.1, -0.05) is 12.1 Å². The molecule has 0 heterocycles. The fourth-order valence-electron chi connectivity index (χ4n) is 2.67. The predicted octanol–water partition coefficient (Wildman–Crippen LogP) is 1.86. The summed E-state index contributed by atoms with van der Waals surface area (Å²) in [5.41, 5.74) is 6.15. The van der Waals surface area contributed by atoms with Gasteiger partial charge < -0.3 is 10.6 Å². The highest BCUT2D eigenvalue weighted by Gasteiger charge is 2.26. The first-order valence-electron chi connectivity index (χ1n) is 7.96. The lowest BCUT2D eigenvalue weighted by molar-refractivity contribution is -0.384. The van der Waals surface area contributed by atoms with Crippen molar-refractivity contribution in [2.45, 2.75) is 6.04 Å². The van der Waals surface area contributed by atoms with E-state index in [9.17, 15) is 24.1 Å². The van der Waals surface area contributed by atoms with Crippen LogP contribution in [0.25, 0.3) is 0 Å². The van der Waals surface area contributed by atoms with Gasteiger partial charge in [-0.05, 0) is 36.9 Å². The Bertz CT molecular complexity index is 857. The van der Waals surface area contributed by atoms with Crippen molar-refractivity contribution in [1.82, 2.24) is 4.90 Å². The van der Waals surface area contributed by atoms with Crippen LogP contribution in [0.1, 0.15) is 11.6 Å². The third-order valence-corrected chi connectivity index (χ3v) is 4.08. The van der Waals surface area contributed by atoms with Crippen LogP contribution >= 0.6 is 0 Å². The van der Waals surface area contributed by atoms with Gasteiger partial charge in [0.15, 0.2) is 0 Å². The summed E-state index contributed by atoms with van der Waals surface area (Å²) in [5.74, 6) is -1.59. The molecule has 2 aromatic rings. The highest BCUT2D eigenvalue weighted by molar-refractivity contribution is 5.94. The topological polar surface area (TPSA) is 110 Å². The molecule has 0 fully saturated rings. The lowest BCUT2D eigenvalue weighted by Gasteiger charge is -2.27. The minimum atomic E-state index is -0.977. The van der Waals surface area contributed by atoms with Crippen LogP contribution in [-0.2, 0) is 9.59 Å². The number of amides is 2. The number of nitro groups is 1. The summed E-state index contributed by atoms with van der Waals surface area (Å²) in [6.45, 7) is -0.169. The van der Waals surface area contributed by atoms with Crippen LogP contribution in [0.4, 0.5) is 15.8 Å². The number of benzene rings is 2. The first-order chi connectivity index (χ1) is 12.7. The molecule has 0 aliphatic heterocycles. The zero-order chi connectivity index (χ0) is 20.1. The van der Waals surface area contributed by atoms with E-state index in [0.717, 1.165) is 0 Å². The summed E-state index contributed by atoms with van der Waals surface area (Å²) in [6, 6.07) is 9.96. The second-order valence-electron chi connectivity index (χ2n) is 6.00. The average Bonchev–Trinajstić information content (AvgIpc) is 2.61. The number of non-ortho nitro benzene ring substituents is 1. The van der Waals surface area contributed by atoms with Crippen LogP contribution in [0.2, 0.25) is 0 Å². The molecule has 142 valence electrons. The number of carbonyl (C=O) groups excluding carboxylic acids is 2. The molecule has 1 unspecified atom stereocenters. The maximum absolute atomic E-state index is 13.5. The van der Waals surface area contributed by atoms with Crippen molar-refractivity contribution in [3.63, 3.8) is 0 Å². The van der Waals surface area contributed by atoms with Gasteiger partial charge in [-0.15, -0.1) is 0 Å². The Balaban J connectivity index is 2.14. The molecule has 0 aromatic heterocycles. The highest BCUT2D eigenvalue weighted by atomic mass is 19.1. The number of hydrogen-bond donors (Lipinski definition) is 1. The van der Waals surface area contributed by atoms with E-state index in [1.807, 2.05) is 0 Å². The largest absolute Gasteiger partial charge is 0.368 e. The molecule has 0 radical (unpaired) electrons. The van der Waals surface area contributed by atoms with Crippen LogP contribution in [0.5, 0.6) is 0 Å². The maximum Gasteiger partial charge on any atom is 0.269 e. The number of nitrogens with zero attached hydrogens (tertiary/aromatic N) is 3. The van der Waals surface area contributed by atoms with Crippen LogP contribution in [0.15, 0.2) is 48.5 Å². The minimum absolute atomic E-state index is 0.0865. The Kier molecular flexibility index (Phi) is 6.19. The van der Waals surface area contributed by atoms with E-state index < -0.39 is 22.7 Å². The number of carbonyl (C=O) groups is 2. The second-order valence-corrected chi connectivity index (χ2v) is 6.00. The Morgan fingerprint density at radius 1 is 1.19 bits per heavy atom. The van der Waals surface area contributed by atoms with Crippen LogP contribution < -0.4 is 10.6 Å². The number of halogens is 1. The number of rotatable bonds is 7. The standard InChI is InChI=1S/C18H19FN4O4/c1-21(17(18(20)25)12-4-3-5-13(19)10-12)11-16(24)22(2)14-6-8-15(9-7-14)23(26)27/h3-10,17H,11H2,1-2H3,(H2,20,25). The Morgan fingerprint density at radius 2 is 1.81 bits per heavy atom. The molecule has 0 saturated carbocycles. The number of nitrogens with two attached hydrogens (primary N) is 1. The van der Waals surface area contributed by atoms with Gasteiger partial charge in [-0.3, -0.25) is 24.6 Å². The molecular weight excluding hydrogens is 355 g/mol. The van der Waals surface area contributed by atoms with E-state index in [2.05, 4.69) is 0 Å². The van der Waals surface area contributed by atoms with Crippen LogP contribution in [0.3, 0.4) is 0 Å². The number of primary amides is 1. The van der Waals surface area contributed by atoms with Crippen molar-refractivity contribution in [3.05, 3.63) is 70.0 Å². The third-order valence-electron chi connectivity index (χ3n) is 4.08. The summed E-state index contributed by atoms with van der Waals surface area (Å²) < 4.78 is 13.5. The van der Waals surface area contributed by atoms with Gasteiger partial charge in [0.1, 0.15) is 11.9 Å². The summed E-state index contributed by atoms with van der Waals surface area (Å²) >= 11 is 0. The van der Waals surface area contributed by atoms with Gasteiger partial charge in [0.2, 0.25) is 11.8 Å². The first-order valence-corrected chi connectivity index (χ1v) is 7.96. The highest BCUT2D eigenvalue weighted by Crippen LogP contribution is 2.22. The lowest BCUT2D eigenvalue weighted by atomic mass is 10.0. The van der Waals surface area contributed by atoms with Crippen molar-refractivity contribution in [2.75, 3.05) is 25.5 Å². The summed E-state index contributed by atoms with van der Waals surface area (Å²) in [4.78, 5) is 37.3. The fraction of sp³-hybridized carbons (Fsp3) is 0.222. The summed E-state index contributed by atoms with van der Waals surface area (Å²) in [6.07, 6.45) is 0. The van der Waals surface area contributed by atoms with Crippen molar-refractivity contribution in [3.8, 4) is 0 Å². The van der Waals surface area contributed by atoms with E-state index in [1.54, 1.807) is 6.07 Å². The lowest BCUT2D eigenvalue weighted by Crippen LogP contribution is -2.42. The van der Waals surface area contributed by atoms with Crippen molar-refractivity contribution >= 4 is 23.2 Å². The van der Waals surface area contributed by atoms with E-state index >= 15 is 0 Å². The SMILES string of the molecule is CN(C(=O)CN(C)C(C(N)=O)c1cccc(F)c1)c1ccc([N+](=O)[O-])cc1. The van der Waals surface area contributed by atoms with Gasteiger partial charge >= 0.3 is 0 Å². The second kappa shape index (κ2) is 8.37. The smallest absolute Gasteiger partial charge is 0.269 e. The molecule has 0 spiro atoms. The van der Waals surface area contributed by atoms with E-state index in [1.165, 1.54) is 66.4 Å². The zero-order valence-electron chi connectivity index (χ0n) is 14.8. The maximum atomic E-state index is 13.5. The quantitative estimate of drug-likeness (QED) is 0.587. The summed E-state index contributed by atoms with van der Waals surface area (Å²) in [7, 11) is 3.04. The fourth-order valence-corrected chi connectivity index (χ4v) is 2.67. The van der Waals surface area contributed by atoms with Crippen molar-refractivity contribution in [2.24, 2.45) is 5.73 Å². The summed E-state index contributed by atoms with van der Waals surface area (Å²) in [5, 5.41) is 10.7. The zero-order valence-corrected chi connectivity index (χ0v) is 14.8. The van der Waals surface area contributed by atoms with Gasteiger partial charge in [0, 0.05) is 24.9 Å². The van der Waals surface area contributed by atoms with E-state index in [0.29, 0.717) is 11.3 Å². The molecule has 0 saturated heterocycles. The number of likely N-dealkylation sites (N-methyl/N-ethyl adjacent to an activating group) is 2. The molecule has 2 amide bonds. The predicted molar refractivity (Wildman–Crippen MR) is 97.5 cm³/mol. The van der Waals surface area contributed by atoms with Crippen molar-refractivity contribution in [1.29, 1.82) is 0 Å². The van der Waals surface area contributed by atoms with E-state index in [4.69, 9.17) is 5.73 Å².